The Morgan fingerprint density at radius 1 is 0.565 bits per heavy atom. The summed E-state index contributed by atoms with van der Waals surface area (Å²) >= 11 is 0. The van der Waals surface area contributed by atoms with Gasteiger partial charge in [-0.05, 0) is 6.42 Å². The van der Waals surface area contributed by atoms with E-state index in [2.05, 4.69) is 18.9 Å². The molecule has 0 bridgehead atoms. The molecule has 2 N–H and O–H groups in total. The molecule has 2 rings (SSSR count). The molecule has 2 fully saturated rings. The molecule has 62 heavy (non-hydrogen) atoms. The average Bonchev–Trinajstić information content (AvgIpc) is 3.00. The third-order valence-corrected chi connectivity index (χ3v) is 8.38. The van der Waals surface area contributed by atoms with Crippen molar-refractivity contribution in [3.05, 3.63) is 24.3 Å². The Morgan fingerprint density at radius 3 is 1.15 bits per heavy atom. The maximum absolute atomic E-state index is 14.6. The van der Waals surface area contributed by atoms with E-state index in [9.17, 15) is 138 Å². The second-order valence-corrected chi connectivity index (χ2v) is 12.3. The molecule has 0 aliphatic carbocycles. The van der Waals surface area contributed by atoms with E-state index in [4.69, 9.17) is 5.11 Å². The van der Waals surface area contributed by atoms with Gasteiger partial charge in [0.05, 0.1) is 0 Å². The lowest BCUT2D eigenvalue weighted by Crippen LogP contribution is -2.82. The highest BCUT2D eigenvalue weighted by Crippen LogP contribution is 2.66. The van der Waals surface area contributed by atoms with Crippen molar-refractivity contribution in [3.63, 3.8) is 0 Å². The van der Waals surface area contributed by atoms with E-state index in [-0.39, 0.29) is 6.92 Å². The van der Waals surface area contributed by atoms with E-state index in [1.165, 1.54) is 0 Å². The lowest BCUT2D eigenvalue weighted by Gasteiger charge is -2.56. The molecule has 2 saturated heterocycles. The Balaban J connectivity index is 0.000000621. The molecule has 2 aliphatic rings. The minimum absolute atomic E-state index is 0.214. The van der Waals surface area contributed by atoms with E-state index in [0.717, 1.165) is 0 Å². The van der Waals surface area contributed by atoms with Crippen molar-refractivity contribution < 1.29 is 162 Å². The first-order chi connectivity index (χ1) is 26.6. The first kappa shape index (κ1) is 56.3. The van der Waals surface area contributed by atoms with Gasteiger partial charge in [-0.2, -0.15) is 123 Å². The van der Waals surface area contributed by atoms with Crippen LogP contribution in [-0.4, -0.2) is 118 Å². The van der Waals surface area contributed by atoms with Gasteiger partial charge >= 0.3 is 84.8 Å². The van der Waals surface area contributed by atoms with Crippen LogP contribution < -0.4 is 0 Å². The van der Waals surface area contributed by atoms with E-state index in [0.29, 0.717) is 0 Å². The molecule has 0 amide bonds. The number of ether oxygens (including phenoxy) is 4. The summed E-state index contributed by atoms with van der Waals surface area (Å²) in [6.07, 6.45) is -66.2. The average molecular weight is 988 g/mol. The molecule has 6 atom stereocenters. The zero-order chi connectivity index (χ0) is 50.3. The standard InChI is InChI=1S/C14H10F14O4.C12H6F14O4/c1-3-7(12(20,21)22)4-8(13(23,24)25,31-6(29)5(2)9(15,16)17)10(18,19)11(30,32-7)14(26,27)28;1-3(7(13,14)15)5(27)30-6(11(21,22)23)2-4(8(16,17)18)29-10(28,9(6,19)20)12(24,25)26/h30H,2-4H2,1H3;4,28H,1-2H2. The maximum atomic E-state index is 14.6. The molecule has 2 heterocycles. The van der Waals surface area contributed by atoms with Gasteiger partial charge in [-0.25, -0.2) is 9.59 Å². The number of carbonyl (C=O) groups is 2. The predicted octanol–water partition coefficient (Wildman–Crippen LogP) is 9.15. The molecule has 0 spiro atoms. The van der Waals surface area contributed by atoms with Gasteiger partial charge in [0.25, 0.3) is 11.2 Å². The van der Waals surface area contributed by atoms with Crippen LogP contribution in [0.3, 0.4) is 0 Å². The molecule has 0 saturated carbocycles. The van der Waals surface area contributed by atoms with Gasteiger partial charge in [-0.3, -0.25) is 0 Å². The number of halogens is 28. The third kappa shape index (κ3) is 9.00. The van der Waals surface area contributed by atoms with Crippen molar-refractivity contribution in [3.8, 4) is 0 Å². The molecule has 2 aliphatic heterocycles. The van der Waals surface area contributed by atoms with Crippen LogP contribution in [0.4, 0.5) is 123 Å². The minimum atomic E-state index is -7.10. The Hall–Kier alpha value is -3.70. The van der Waals surface area contributed by atoms with Gasteiger partial charge in [-0.1, -0.05) is 20.1 Å². The second kappa shape index (κ2) is 15.5. The van der Waals surface area contributed by atoms with Gasteiger partial charge in [0.15, 0.2) is 11.7 Å². The van der Waals surface area contributed by atoms with Crippen LogP contribution in [0.1, 0.15) is 26.2 Å². The van der Waals surface area contributed by atoms with Gasteiger partial charge in [0.2, 0.25) is 0 Å². The second-order valence-electron chi connectivity index (χ2n) is 12.3. The molecular weight excluding hydrogens is 972 g/mol. The Kier molecular flexibility index (Phi) is 14.1. The van der Waals surface area contributed by atoms with Crippen molar-refractivity contribution in [2.24, 2.45) is 0 Å². The van der Waals surface area contributed by atoms with Crippen molar-refractivity contribution in [2.75, 3.05) is 0 Å². The molecule has 36 heteroatoms. The van der Waals surface area contributed by atoms with Crippen molar-refractivity contribution in [1.82, 2.24) is 0 Å². The minimum Gasteiger partial charge on any atom is -0.439 e. The van der Waals surface area contributed by atoms with Gasteiger partial charge in [0.1, 0.15) is 11.1 Å². The fourth-order valence-corrected chi connectivity index (χ4v) is 4.94. The summed E-state index contributed by atoms with van der Waals surface area (Å²) in [5, 5.41) is 18.4. The topological polar surface area (TPSA) is 112 Å². The number of hydrogen-bond acceptors (Lipinski definition) is 8. The summed E-state index contributed by atoms with van der Waals surface area (Å²) in [7, 11) is 0. The molecule has 0 aromatic carbocycles. The summed E-state index contributed by atoms with van der Waals surface area (Å²) in [5.41, 5.74) is -23.4. The quantitative estimate of drug-likeness (QED) is 0.160. The molecule has 6 unspecified atom stereocenters. The van der Waals surface area contributed by atoms with Crippen LogP contribution in [-0.2, 0) is 28.5 Å². The Bertz CT molecular complexity index is 1710. The smallest absolute Gasteiger partial charge is 0.439 e. The number of carbonyl (C=O) groups excluding carboxylic acids is 2. The number of rotatable bonds is 5. The molecule has 0 aromatic rings. The van der Waals surface area contributed by atoms with Crippen molar-refractivity contribution >= 4 is 11.9 Å². The van der Waals surface area contributed by atoms with Crippen LogP contribution in [0, 0.1) is 0 Å². The fraction of sp³-hybridized carbons (Fsp3) is 0.769. The summed E-state index contributed by atoms with van der Waals surface area (Å²) in [4.78, 5) is 22.7. The molecule has 8 nitrogen and oxygen atoms in total. The lowest BCUT2D eigenvalue weighted by molar-refractivity contribution is -0.536. The van der Waals surface area contributed by atoms with Gasteiger partial charge < -0.3 is 29.2 Å². The van der Waals surface area contributed by atoms with Gasteiger partial charge in [-0.15, -0.1) is 0 Å². The zero-order valence-corrected chi connectivity index (χ0v) is 28.5. The van der Waals surface area contributed by atoms with Crippen LogP contribution in [0.2, 0.25) is 0 Å². The SMILES string of the molecule is C=C(C(=O)OC1(C(F)(F)F)CC(C(F)(F)F)OC(O)(C(F)(F)F)C1(F)F)C(F)(F)F.C=C(C(=O)OC1(C(F)(F)F)CC(CC)(C(F)(F)F)OC(O)(C(F)(F)F)C1(F)F)C(F)(F)F. The monoisotopic (exact) mass is 988 g/mol. The van der Waals surface area contributed by atoms with Crippen molar-refractivity contribution in [1.29, 1.82) is 0 Å². The summed E-state index contributed by atoms with van der Waals surface area (Å²) in [6, 6.07) is 0. The number of esters is 2. The number of alkyl halides is 28. The molecule has 0 radical (unpaired) electrons. The summed E-state index contributed by atoms with van der Waals surface area (Å²) in [5.74, 6) is -34.2. The third-order valence-electron chi connectivity index (χ3n) is 8.38. The largest absolute Gasteiger partial charge is 0.449 e. The normalized spacial score (nSPS) is 31.3. The molecular formula is C26H16F28O8. The van der Waals surface area contributed by atoms with E-state index in [1.54, 1.807) is 0 Å². The van der Waals surface area contributed by atoms with Crippen LogP contribution in [0.5, 0.6) is 0 Å². The predicted molar refractivity (Wildman–Crippen MR) is 132 cm³/mol. The highest BCUT2D eigenvalue weighted by atomic mass is 19.4. The highest BCUT2D eigenvalue weighted by molar-refractivity contribution is 5.90. The van der Waals surface area contributed by atoms with Gasteiger partial charge in [0, 0.05) is 12.8 Å². The lowest BCUT2D eigenvalue weighted by atomic mass is 9.73. The first-order valence-corrected chi connectivity index (χ1v) is 14.6. The van der Waals surface area contributed by atoms with Crippen LogP contribution >= 0.6 is 0 Å². The molecule has 364 valence electrons. The first-order valence-electron chi connectivity index (χ1n) is 14.6. The summed E-state index contributed by atoms with van der Waals surface area (Å²) in [6.45, 7) is 3.96. The fourth-order valence-electron chi connectivity index (χ4n) is 4.94. The maximum Gasteiger partial charge on any atom is 0.449 e. The Morgan fingerprint density at radius 2 is 0.887 bits per heavy atom. The zero-order valence-electron chi connectivity index (χ0n) is 28.5. The number of hydrogen-bond donors (Lipinski definition) is 2. The molecule has 0 aromatic heterocycles. The van der Waals surface area contributed by atoms with Crippen molar-refractivity contribution in [2.45, 2.75) is 122 Å². The van der Waals surface area contributed by atoms with Crippen LogP contribution in [0.25, 0.3) is 0 Å². The van der Waals surface area contributed by atoms with E-state index in [1.807, 2.05) is 13.2 Å². The summed E-state index contributed by atoms with van der Waals surface area (Å²) < 4.78 is 382. The Labute approximate surface area is 320 Å². The van der Waals surface area contributed by atoms with Crippen LogP contribution in [0.15, 0.2) is 24.3 Å². The highest BCUT2D eigenvalue weighted by Gasteiger charge is 2.93. The number of aliphatic hydroxyl groups is 2. The van der Waals surface area contributed by atoms with E-state index >= 15 is 0 Å². The van der Waals surface area contributed by atoms with E-state index < -0.39 is 138 Å².